The van der Waals surface area contributed by atoms with Crippen LogP contribution in [0.4, 0.5) is 21.7 Å². The van der Waals surface area contributed by atoms with Crippen molar-refractivity contribution >= 4 is 34.0 Å². The largest absolute Gasteiger partial charge is 0.438 e. The molecule has 7 rings (SSSR count). The highest BCUT2D eigenvalue weighted by Gasteiger charge is 2.40. The number of aromatic nitrogens is 2. The average Bonchev–Trinajstić information content (AvgIpc) is 3.50. The Labute approximate surface area is 248 Å². The monoisotopic (exact) mass is 585 g/mol. The number of amides is 1. The Balaban J connectivity index is 1.09. The number of carbonyl (C=O) groups excluding carboxylic acids is 1. The second-order valence-corrected chi connectivity index (χ2v) is 10.8. The molecule has 3 aromatic carbocycles. The van der Waals surface area contributed by atoms with E-state index in [2.05, 4.69) is 20.2 Å². The second-order valence-electron chi connectivity index (χ2n) is 10.8. The number of hydrogen-bond donors (Lipinski definition) is 1. The summed E-state index contributed by atoms with van der Waals surface area (Å²) in [5.41, 5.74) is 1.50. The first-order chi connectivity index (χ1) is 21.1. The van der Waals surface area contributed by atoms with Crippen molar-refractivity contribution in [3.8, 4) is 11.6 Å². The number of benzene rings is 3. The zero-order valence-corrected chi connectivity index (χ0v) is 23.6. The number of morpholine rings is 1. The summed E-state index contributed by atoms with van der Waals surface area (Å²) >= 11 is 0. The average molecular weight is 586 g/mol. The summed E-state index contributed by atoms with van der Waals surface area (Å²) in [5, 5.41) is 4.54. The first-order valence-electron chi connectivity index (χ1n) is 14.6. The molecule has 0 saturated carbocycles. The lowest BCUT2D eigenvalue weighted by atomic mass is 10.0. The van der Waals surface area contributed by atoms with Gasteiger partial charge in [-0.05, 0) is 30.3 Å². The smallest absolute Gasteiger partial charge is 0.255 e. The number of halogens is 1. The predicted octanol–water partition coefficient (Wildman–Crippen LogP) is 4.99. The Morgan fingerprint density at radius 2 is 1.65 bits per heavy atom. The fraction of sp³-hybridized carbons (Fsp3) is 0.344. The first-order valence-corrected chi connectivity index (χ1v) is 14.6. The number of carbonyl (C=O) groups is 1. The lowest BCUT2D eigenvalue weighted by Crippen LogP contribution is -2.45. The molecule has 3 aliphatic heterocycles. The van der Waals surface area contributed by atoms with E-state index in [0.717, 1.165) is 36.7 Å². The van der Waals surface area contributed by atoms with Crippen LogP contribution in [0.2, 0.25) is 0 Å². The van der Waals surface area contributed by atoms with E-state index >= 15 is 0 Å². The molecule has 3 fully saturated rings. The van der Waals surface area contributed by atoms with E-state index in [1.807, 2.05) is 29.2 Å². The van der Waals surface area contributed by atoms with Crippen LogP contribution in [0.25, 0.3) is 10.8 Å². The summed E-state index contributed by atoms with van der Waals surface area (Å²) in [4.78, 5) is 26.6. The molecule has 4 aromatic rings. The summed E-state index contributed by atoms with van der Waals surface area (Å²) in [7, 11) is 0. The number of anilines is 3. The lowest BCUT2D eigenvalue weighted by molar-refractivity contribution is -0.169. The molecule has 1 N–H and O–H groups in total. The zero-order chi connectivity index (χ0) is 29.2. The molecule has 222 valence electrons. The van der Waals surface area contributed by atoms with Crippen molar-refractivity contribution < 1.29 is 28.1 Å². The van der Waals surface area contributed by atoms with Gasteiger partial charge in [-0.15, -0.1) is 0 Å². The minimum atomic E-state index is -0.472. The third kappa shape index (κ3) is 5.83. The number of nitrogens with zero attached hydrogens (tertiary/aromatic N) is 4. The van der Waals surface area contributed by atoms with Crippen LogP contribution in [0, 0.1) is 5.82 Å². The van der Waals surface area contributed by atoms with Crippen molar-refractivity contribution in [1.82, 2.24) is 9.97 Å². The van der Waals surface area contributed by atoms with Crippen molar-refractivity contribution in [3.05, 3.63) is 78.2 Å². The van der Waals surface area contributed by atoms with E-state index in [9.17, 15) is 9.18 Å². The Morgan fingerprint density at radius 1 is 0.884 bits per heavy atom. The summed E-state index contributed by atoms with van der Waals surface area (Å²) in [5.74, 6) is 0.256. The van der Waals surface area contributed by atoms with E-state index in [1.54, 1.807) is 30.5 Å². The third-order valence-electron chi connectivity index (χ3n) is 8.11. The van der Waals surface area contributed by atoms with Crippen molar-refractivity contribution in [2.75, 3.05) is 67.7 Å². The Bertz CT molecular complexity index is 1630. The van der Waals surface area contributed by atoms with Crippen molar-refractivity contribution in [3.63, 3.8) is 0 Å². The van der Waals surface area contributed by atoms with Gasteiger partial charge in [0.15, 0.2) is 5.79 Å². The molecular weight excluding hydrogens is 553 g/mol. The number of hydrogen-bond acceptors (Lipinski definition) is 9. The normalized spacial score (nSPS) is 18.3. The molecule has 1 amide bonds. The van der Waals surface area contributed by atoms with Crippen LogP contribution in [0.3, 0.4) is 0 Å². The highest BCUT2D eigenvalue weighted by Crippen LogP contribution is 2.36. The van der Waals surface area contributed by atoms with Crippen LogP contribution in [0.1, 0.15) is 23.2 Å². The Kier molecular flexibility index (Phi) is 7.52. The molecule has 1 aromatic heterocycles. The lowest BCUT2D eigenvalue weighted by Gasteiger charge is -2.37. The molecule has 4 heterocycles. The molecule has 0 bridgehead atoms. The number of piperidine rings is 1. The molecule has 10 nitrogen and oxygen atoms in total. The van der Waals surface area contributed by atoms with Crippen molar-refractivity contribution in [2.45, 2.75) is 18.6 Å². The molecule has 0 radical (unpaired) electrons. The quantitative estimate of drug-likeness (QED) is 0.336. The number of ether oxygens (including phenoxy) is 4. The first kappa shape index (κ1) is 27.5. The van der Waals surface area contributed by atoms with Gasteiger partial charge in [0.2, 0.25) is 11.8 Å². The van der Waals surface area contributed by atoms with Gasteiger partial charge in [-0.2, -0.15) is 4.98 Å². The SMILES string of the molecule is O=C(Nc1ccc(Oc2ccnc(N3CCC4(CC3)OCCO4)n2)c2ccccc12)c1cc(F)cc(N2CCOCC2)c1. The van der Waals surface area contributed by atoms with Gasteiger partial charge in [-0.1, -0.05) is 24.3 Å². The molecular formula is C32H32FN5O5. The number of rotatable bonds is 6. The molecule has 43 heavy (non-hydrogen) atoms. The molecule has 11 heteroatoms. The second kappa shape index (κ2) is 11.8. The van der Waals surface area contributed by atoms with Crippen LogP contribution in [0.5, 0.6) is 11.6 Å². The highest BCUT2D eigenvalue weighted by atomic mass is 19.1. The molecule has 0 atom stereocenters. The Morgan fingerprint density at radius 3 is 2.44 bits per heavy atom. The summed E-state index contributed by atoms with van der Waals surface area (Å²) in [6, 6.07) is 17.3. The van der Waals surface area contributed by atoms with Gasteiger partial charge in [0, 0.05) is 79.0 Å². The fourth-order valence-electron chi connectivity index (χ4n) is 5.86. The predicted molar refractivity (Wildman–Crippen MR) is 160 cm³/mol. The zero-order valence-electron chi connectivity index (χ0n) is 23.6. The van der Waals surface area contributed by atoms with E-state index in [0.29, 0.717) is 68.5 Å². The van der Waals surface area contributed by atoms with E-state index < -0.39 is 17.5 Å². The number of nitrogens with one attached hydrogen (secondary N) is 1. The summed E-state index contributed by atoms with van der Waals surface area (Å²) in [6.07, 6.45) is 3.19. The van der Waals surface area contributed by atoms with E-state index in [-0.39, 0.29) is 5.56 Å². The maximum Gasteiger partial charge on any atom is 0.255 e. The van der Waals surface area contributed by atoms with Crippen LogP contribution in [0.15, 0.2) is 66.9 Å². The van der Waals surface area contributed by atoms with Gasteiger partial charge >= 0.3 is 0 Å². The molecule has 0 aliphatic carbocycles. The van der Waals surface area contributed by atoms with Gasteiger partial charge < -0.3 is 34.1 Å². The van der Waals surface area contributed by atoms with Gasteiger partial charge in [0.25, 0.3) is 5.91 Å². The van der Waals surface area contributed by atoms with Crippen LogP contribution in [-0.2, 0) is 14.2 Å². The minimum absolute atomic E-state index is 0.245. The van der Waals surface area contributed by atoms with Crippen molar-refractivity contribution in [1.29, 1.82) is 0 Å². The van der Waals surface area contributed by atoms with Crippen LogP contribution in [-0.4, -0.2) is 74.3 Å². The van der Waals surface area contributed by atoms with Gasteiger partial charge in [0.05, 0.1) is 26.4 Å². The minimum Gasteiger partial charge on any atom is -0.438 e. The summed E-state index contributed by atoms with van der Waals surface area (Å²) in [6.45, 7) is 5.14. The van der Waals surface area contributed by atoms with Gasteiger partial charge in [-0.25, -0.2) is 9.37 Å². The number of fused-ring (bicyclic) bond motifs is 1. The molecule has 1 spiro atoms. The molecule has 3 saturated heterocycles. The van der Waals surface area contributed by atoms with Crippen LogP contribution >= 0.6 is 0 Å². The maximum atomic E-state index is 14.5. The Hall–Kier alpha value is -4.32. The third-order valence-corrected chi connectivity index (χ3v) is 8.11. The van der Waals surface area contributed by atoms with Gasteiger partial charge in [0.1, 0.15) is 11.6 Å². The van der Waals surface area contributed by atoms with Gasteiger partial charge in [-0.3, -0.25) is 4.79 Å². The fourth-order valence-corrected chi connectivity index (χ4v) is 5.86. The van der Waals surface area contributed by atoms with Crippen molar-refractivity contribution in [2.24, 2.45) is 0 Å². The standard InChI is InChI=1S/C32H32FN5O5/c33-23-19-22(20-24(21-23)37-13-15-40-16-14-37)30(39)35-27-5-6-28(26-4-2-1-3-25(26)27)43-29-7-10-34-31(36-29)38-11-8-32(9-12-38)41-17-18-42-32/h1-7,10,19-21H,8-9,11-18H2,(H,35,39). The van der Waals surface area contributed by atoms with E-state index in [4.69, 9.17) is 18.9 Å². The molecule has 0 unspecified atom stereocenters. The topological polar surface area (TPSA) is 98.3 Å². The maximum absolute atomic E-state index is 14.5. The molecule has 3 aliphatic rings. The van der Waals surface area contributed by atoms with E-state index in [1.165, 1.54) is 12.1 Å². The highest BCUT2D eigenvalue weighted by molar-refractivity contribution is 6.10. The van der Waals surface area contributed by atoms with Crippen LogP contribution < -0.4 is 19.9 Å². The summed E-state index contributed by atoms with van der Waals surface area (Å²) < 4.78 is 37.9.